The first-order valence-corrected chi connectivity index (χ1v) is 11.1. The summed E-state index contributed by atoms with van der Waals surface area (Å²) in [5, 5.41) is 9.14. The van der Waals surface area contributed by atoms with E-state index < -0.39 is 5.97 Å². The number of benzene rings is 2. The number of pyridine rings is 1. The SMILES string of the molecule is Cc1ccc(-c2cncc(CC(=O)O)c2)c(CN(CCc2ccccc2)C(=O)C2CC2)c1. The molecule has 0 bridgehead atoms. The molecule has 0 saturated heterocycles. The molecule has 5 heteroatoms. The van der Waals surface area contributed by atoms with Gasteiger partial charge in [0.1, 0.15) is 0 Å². The second kappa shape index (κ2) is 9.77. The Morgan fingerprint density at radius 3 is 2.53 bits per heavy atom. The number of rotatable bonds is 9. The van der Waals surface area contributed by atoms with Crippen molar-refractivity contribution in [2.24, 2.45) is 5.92 Å². The minimum atomic E-state index is -0.879. The van der Waals surface area contributed by atoms with E-state index >= 15 is 0 Å². The second-order valence-corrected chi connectivity index (χ2v) is 8.58. The third-order valence-electron chi connectivity index (χ3n) is 5.83. The molecule has 3 aromatic rings. The van der Waals surface area contributed by atoms with Gasteiger partial charge in [-0.1, -0.05) is 54.1 Å². The summed E-state index contributed by atoms with van der Waals surface area (Å²) in [5.74, 6) is -0.499. The average Bonchev–Trinajstić information content (AvgIpc) is 3.62. The molecule has 2 aromatic carbocycles. The average molecular weight is 429 g/mol. The molecule has 0 spiro atoms. The van der Waals surface area contributed by atoms with E-state index in [2.05, 4.69) is 23.2 Å². The molecule has 1 amide bonds. The van der Waals surface area contributed by atoms with Gasteiger partial charge in [0.25, 0.3) is 0 Å². The number of aryl methyl sites for hydroxylation is 1. The van der Waals surface area contributed by atoms with Crippen molar-refractivity contribution in [1.82, 2.24) is 9.88 Å². The second-order valence-electron chi connectivity index (χ2n) is 8.58. The van der Waals surface area contributed by atoms with Crippen LogP contribution in [-0.4, -0.2) is 33.4 Å². The third-order valence-corrected chi connectivity index (χ3v) is 5.83. The summed E-state index contributed by atoms with van der Waals surface area (Å²) in [6.45, 7) is 3.25. The Bertz CT molecular complexity index is 1110. The van der Waals surface area contributed by atoms with Crippen molar-refractivity contribution in [3.8, 4) is 11.1 Å². The quantitative estimate of drug-likeness (QED) is 0.538. The summed E-state index contributed by atoms with van der Waals surface area (Å²) in [6, 6.07) is 18.3. The molecular formula is C27H28N2O3. The Morgan fingerprint density at radius 1 is 1.03 bits per heavy atom. The highest BCUT2D eigenvalue weighted by Crippen LogP contribution is 2.33. The van der Waals surface area contributed by atoms with Crippen molar-refractivity contribution in [3.63, 3.8) is 0 Å². The van der Waals surface area contributed by atoms with Gasteiger partial charge in [0.2, 0.25) is 5.91 Å². The number of carbonyl (C=O) groups excluding carboxylic acids is 1. The topological polar surface area (TPSA) is 70.5 Å². The van der Waals surface area contributed by atoms with Crippen molar-refractivity contribution in [2.45, 2.75) is 39.2 Å². The fourth-order valence-corrected chi connectivity index (χ4v) is 4.01. The van der Waals surface area contributed by atoms with Crippen LogP contribution in [0.25, 0.3) is 11.1 Å². The van der Waals surface area contributed by atoms with E-state index in [0.29, 0.717) is 18.7 Å². The first kappa shape index (κ1) is 21.8. The number of carbonyl (C=O) groups is 2. The molecule has 0 atom stereocenters. The molecule has 1 aliphatic rings. The van der Waals surface area contributed by atoms with E-state index in [1.807, 2.05) is 48.2 Å². The fraction of sp³-hybridized carbons (Fsp3) is 0.296. The summed E-state index contributed by atoms with van der Waals surface area (Å²) < 4.78 is 0. The summed E-state index contributed by atoms with van der Waals surface area (Å²) in [4.78, 5) is 30.5. The Hall–Kier alpha value is -3.47. The van der Waals surface area contributed by atoms with Gasteiger partial charge in [-0.05, 0) is 54.5 Å². The van der Waals surface area contributed by atoms with Crippen LogP contribution in [0, 0.1) is 12.8 Å². The summed E-state index contributed by atoms with van der Waals surface area (Å²) in [6.07, 6.45) is 6.05. The minimum Gasteiger partial charge on any atom is -0.481 e. The predicted molar refractivity (Wildman–Crippen MR) is 124 cm³/mol. The first-order chi connectivity index (χ1) is 15.5. The Labute approximate surface area is 188 Å². The molecular weight excluding hydrogens is 400 g/mol. The van der Waals surface area contributed by atoms with E-state index in [-0.39, 0.29) is 18.2 Å². The number of aliphatic carboxylic acids is 1. The molecule has 1 saturated carbocycles. The smallest absolute Gasteiger partial charge is 0.307 e. The molecule has 1 fully saturated rings. The predicted octanol–water partition coefficient (Wildman–Crippen LogP) is 4.67. The van der Waals surface area contributed by atoms with Crippen molar-refractivity contribution >= 4 is 11.9 Å². The number of carboxylic acids is 1. The highest BCUT2D eigenvalue weighted by Gasteiger charge is 2.33. The zero-order valence-electron chi connectivity index (χ0n) is 18.3. The van der Waals surface area contributed by atoms with Gasteiger partial charge in [-0.15, -0.1) is 0 Å². The number of carboxylic acid groups (broad SMARTS) is 1. The molecule has 0 aliphatic heterocycles. The lowest BCUT2D eigenvalue weighted by molar-refractivity contribution is -0.136. The Balaban J connectivity index is 1.61. The number of hydrogen-bond acceptors (Lipinski definition) is 3. The van der Waals surface area contributed by atoms with Crippen molar-refractivity contribution < 1.29 is 14.7 Å². The van der Waals surface area contributed by atoms with Gasteiger partial charge >= 0.3 is 5.97 Å². The van der Waals surface area contributed by atoms with Gasteiger partial charge in [-0.3, -0.25) is 14.6 Å². The van der Waals surface area contributed by atoms with E-state index in [4.69, 9.17) is 5.11 Å². The number of amides is 1. The maximum absolute atomic E-state index is 13.1. The first-order valence-electron chi connectivity index (χ1n) is 11.1. The molecule has 1 aliphatic carbocycles. The molecule has 1 N–H and O–H groups in total. The van der Waals surface area contributed by atoms with Crippen LogP contribution < -0.4 is 0 Å². The molecule has 1 aromatic heterocycles. The lowest BCUT2D eigenvalue weighted by Gasteiger charge is -2.25. The summed E-state index contributed by atoms with van der Waals surface area (Å²) in [5.41, 5.74) is 5.93. The maximum Gasteiger partial charge on any atom is 0.307 e. The van der Waals surface area contributed by atoms with Gasteiger partial charge in [0.15, 0.2) is 0 Å². The fourth-order valence-electron chi connectivity index (χ4n) is 4.01. The largest absolute Gasteiger partial charge is 0.481 e. The van der Waals surface area contributed by atoms with E-state index in [0.717, 1.165) is 41.5 Å². The van der Waals surface area contributed by atoms with Crippen LogP contribution in [0.1, 0.15) is 35.1 Å². The molecule has 4 rings (SSSR count). The van der Waals surface area contributed by atoms with Crippen LogP contribution in [0.5, 0.6) is 0 Å². The highest BCUT2D eigenvalue weighted by molar-refractivity contribution is 5.81. The number of aromatic nitrogens is 1. The molecule has 164 valence electrons. The van der Waals surface area contributed by atoms with Crippen LogP contribution in [0.4, 0.5) is 0 Å². The van der Waals surface area contributed by atoms with E-state index in [9.17, 15) is 9.59 Å². The zero-order chi connectivity index (χ0) is 22.5. The summed E-state index contributed by atoms with van der Waals surface area (Å²) in [7, 11) is 0. The lowest BCUT2D eigenvalue weighted by atomic mass is 9.97. The zero-order valence-corrected chi connectivity index (χ0v) is 18.3. The number of hydrogen-bond donors (Lipinski definition) is 1. The van der Waals surface area contributed by atoms with E-state index in [1.54, 1.807) is 12.4 Å². The monoisotopic (exact) mass is 428 g/mol. The van der Waals surface area contributed by atoms with Crippen LogP contribution >= 0.6 is 0 Å². The standard InChI is InChI=1S/C27H28N2O3/c1-19-7-10-25(23-14-21(15-26(30)31)16-28-17-23)24(13-19)18-29(27(32)22-8-9-22)12-11-20-5-3-2-4-6-20/h2-7,10,13-14,16-17,22H,8-9,11-12,15,18H2,1H3,(H,30,31). The Morgan fingerprint density at radius 2 is 1.81 bits per heavy atom. The normalized spacial score (nSPS) is 13.0. The molecule has 32 heavy (non-hydrogen) atoms. The minimum absolute atomic E-state index is 0.0641. The molecule has 5 nitrogen and oxygen atoms in total. The van der Waals surface area contributed by atoms with Crippen molar-refractivity contribution in [3.05, 3.63) is 89.2 Å². The van der Waals surface area contributed by atoms with E-state index in [1.165, 1.54) is 5.56 Å². The highest BCUT2D eigenvalue weighted by atomic mass is 16.4. The van der Waals surface area contributed by atoms with Crippen LogP contribution in [0.2, 0.25) is 0 Å². The van der Waals surface area contributed by atoms with Gasteiger partial charge in [-0.2, -0.15) is 0 Å². The molecule has 0 unspecified atom stereocenters. The van der Waals surface area contributed by atoms with Gasteiger partial charge in [0.05, 0.1) is 6.42 Å². The maximum atomic E-state index is 13.1. The van der Waals surface area contributed by atoms with Crippen LogP contribution in [-0.2, 0) is 29.0 Å². The third kappa shape index (κ3) is 5.61. The molecule has 1 heterocycles. The van der Waals surface area contributed by atoms with Crippen LogP contribution in [0.15, 0.2) is 67.0 Å². The Kier molecular flexibility index (Phi) is 6.64. The lowest BCUT2D eigenvalue weighted by Crippen LogP contribution is -2.33. The number of nitrogens with zero attached hydrogens (tertiary/aromatic N) is 2. The van der Waals surface area contributed by atoms with Gasteiger partial charge in [-0.25, -0.2) is 0 Å². The molecule has 0 radical (unpaired) electrons. The van der Waals surface area contributed by atoms with Crippen LogP contribution in [0.3, 0.4) is 0 Å². The van der Waals surface area contributed by atoms with Gasteiger partial charge < -0.3 is 10.0 Å². The van der Waals surface area contributed by atoms with Crippen molar-refractivity contribution in [2.75, 3.05) is 6.54 Å². The summed E-state index contributed by atoms with van der Waals surface area (Å²) >= 11 is 0. The van der Waals surface area contributed by atoms with Gasteiger partial charge in [0, 0.05) is 37.0 Å². The van der Waals surface area contributed by atoms with Crippen molar-refractivity contribution in [1.29, 1.82) is 0 Å².